The molecule has 1 aromatic heterocycles. The van der Waals surface area contributed by atoms with Crippen LogP contribution in [0.4, 0.5) is 21.6 Å². The molecule has 0 aliphatic heterocycles. The van der Waals surface area contributed by atoms with Crippen LogP contribution in [0.1, 0.15) is 13.3 Å². The van der Waals surface area contributed by atoms with Crippen molar-refractivity contribution in [2.24, 2.45) is 0 Å². The van der Waals surface area contributed by atoms with Gasteiger partial charge in [0.1, 0.15) is 23.7 Å². The van der Waals surface area contributed by atoms with Crippen molar-refractivity contribution in [3.8, 4) is 5.75 Å². The van der Waals surface area contributed by atoms with Crippen LogP contribution in [0.25, 0.3) is 10.9 Å². The number of hydrogen-bond acceptors (Lipinski definition) is 5. The number of benzene rings is 2. The third-order valence-corrected chi connectivity index (χ3v) is 4.34. The molecule has 0 unspecified atom stereocenters. The van der Waals surface area contributed by atoms with Crippen LogP contribution in [0, 0.1) is 5.82 Å². The minimum atomic E-state index is -0.552. The average molecular weight is 435 g/mol. The molecule has 0 radical (unpaired) electrons. The van der Waals surface area contributed by atoms with E-state index in [2.05, 4.69) is 27.2 Å². The van der Waals surface area contributed by atoms with E-state index in [9.17, 15) is 9.18 Å². The summed E-state index contributed by atoms with van der Waals surface area (Å²) in [6.45, 7) is 5.86. The summed E-state index contributed by atoms with van der Waals surface area (Å²) in [5, 5.41) is 6.18. The number of carbonyl (C=O) groups excluding carboxylic acids is 1. The molecule has 2 aromatic carbocycles. The van der Waals surface area contributed by atoms with Crippen molar-refractivity contribution in [2.45, 2.75) is 13.3 Å². The summed E-state index contributed by atoms with van der Waals surface area (Å²) in [5.41, 5.74) is 1.53. The number of rotatable bonds is 7. The number of fused-ring (bicyclic) bond motifs is 1. The molecule has 0 aliphatic rings. The molecule has 1 heterocycles. The van der Waals surface area contributed by atoms with Gasteiger partial charge in [-0.3, -0.25) is 4.79 Å². The Balaban J connectivity index is 2.05. The van der Waals surface area contributed by atoms with Gasteiger partial charge in [0.15, 0.2) is 0 Å². The van der Waals surface area contributed by atoms with Crippen LogP contribution in [0.5, 0.6) is 5.75 Å². The Morgan fingerprint density at radius 2 is 2.07 bits per heavy atom. The zero-order chi connectivity index (χ0) is 21.0. The summed E-state index contributed by atoms with van der Waals surface area (Å²) in [6.07, 6.45) is 2.17. The van der Waals surface area contributed by atoms with E-state index in [-0.39, 0.29) is 10.1 Å². The normalized spacial score (nSPS) is 10.6. The highest BCUT2D eigenvalue weighted by molar-refractivity contribution is 6.43. The number of amides is 1. The largest absolute Gasteiger partial charge is 0.491 e. The lowest BCUT2D eigenvalue weighted by molar-refractivity contribution is -0.112. The monoisotopic (exact) mass is 434 g/mol. The molecular weight excluding hydrogens is 418 g/mol. The zero-order valence-electron chi connectivity index (χ0n) is 15.4. The molecule has 29 heavy (non-hydrogen) atoms. The van der Waals surface area contributed by atoms with Gasteiger partial charge in [0.25, 0.3) is 5.91 Å². The summed E-state index contributed by atoms with van der Waals surface area (Å²) in [7, 11) is 0. The fraction of sp³-hybridized carbons (Fsp3) is 0.150. The molecule has 0 saturated heterocycles. The summed E-state index contributed by atoms with van der Waals surface area (Å²) >= 11 is 11.5. The fourth-order valence-electron chi connectivity index (χ4n) is 2.51. The number of halogens is 3. The number of anilines is 3. The average Bonchev–Trinajstić information content (AvgIpc) is 2.69. The molecular formula is C20H17Cl2FN4O2. The quantitative estimate of drug-likeness (QED) is 0.470. The van der Waals surface area contributed by atoms with Crippen LogP contribution in [0.3, 0.4) is 0 Å². The molecule has 150 valence electrons. The Hall–Kier alpha value is -2.90. The zero-order valence-corrected chi connectivity index (χ0v) is 16.9. The summed E-state index contributed by atoms with van der Waals surface area (Å²) in [5.74, 6) is -0.183. The maximum atomic E-state index is 13.4. The number of hydrogen-bond donors (Lipinski definition) is 2. The summed E-state index contributed by atoms with van der Waals surface area (Å²) in [4.78, 5) is 20.5. The second-order valence-electron chi connectivity index (χ2n) is 6.05. The lowest BCUT2D eigenvalue weighted by Crippen LogP contribution is -2.12. The van der Waals surface area contributed by atoms with Gasteiger partial charge in [-0.05, 0) is 30.7 Å². The van der Waals surface area contributed by atoms with Gasteiger partial charge >= 0.3 is 0 Å². The van der Waals surface area contributed by atoms with Crippen molar-refractivity contribution in [3.05, 3.63) is 59.1 Å². The SMILES string of the molecule is C=C(Cl)C(=O)Nc1cc2c(Nc3ccc(F)c(Cl)c3)ncnc2cc1OCCC. The molecule has 3 rings (SSSR count). The van der Waals surface area contributed by atoms with E-state index < -0.39 is 11.7 Å². The predicted octanol–water partition coefficient (Wildman–Crippen LogP) is 5.65. The molecule has 0 atom stereocenters. The Kier molecular flexibility index (Phi) is 6.51. The second-order valence-corrected chi connectivity index (χ2v) is 6.91. The van der Waals surface area contributed by atoms with Gasteiger partial charge in [0.2, 0.25) is 0 Å². The number of nitrogens with one attached hydrogen (secondary N) is 2. The van der Waals surface area contributed by atoms with Gasteiger partial charge < -0.3 is 15.4 Å². The Morgan fingerprint density at radius 1 is 1.28 bits per heavy atom. The summed E-state index contributed by atoms with van der Waals surface area (Å²) < 4.78 is 19.2. The van der Waals surface area contributed by atoms with Crippen LogP contribution in [0.2, 0.25) is 5.02 Å². The molecule has 9 heteroatoms. The standard InChI is InChI=1S/C20H17Cl2FN4O2/c1-3-6-29-18-9-16-13(8-17(18)27-20(28)11(2)21)19(25-10-24-16)26-12-4-5-15(23)14(22)7-12/h4-5,7-10H,2-3,6H2,1H3,(H,27,28)(H,24,25,26). The molecule has 0 bridgehead atoms. The van der Waals surface area contributed by atoms with Crippen LogP contribution in [-0.4, -0.2) is 22.5 Å². The van der Waals surface area contributed by atoms with Crippen molar-refractivity contribution >= 4 is 57.2 Å². The molecule has 1 amide bonds. The minimum absolute atomic E-state index is 0.0165. The maximum Gasteiger partial charge on any atom is 0.266 e. The van der Waals surface area contributed by atoms with Gasteiger partial charge in [-0.25, -0.2) is 14.4 Å². The van der Waals surface area contributed by atoms with Gasteiger partial charge in [0, 0.05) is 17.1 Å². The Labute approximate surface area is 176 Å². The molecule has 2 N–H and O–H groups in total. The first kappa shape index (κ1) is 20.8. The number of carbonyl (C=O) groups is 1. The van der Waals surface area contributed by atoms with Crippen molar-refractivity contribution in [1.82, 2.24) is 9.97 Å². The van der Waals surface area contributed by atoms with Crippen molar-refractivity contribution in [3.63, 3.8) is 0 Å². The first-order valence-electron chi connectivity index (χ1n) is 8.68. The Bertz CT molecular complexity index is 1090. The van der Waals surface area contributed by atoms with Crippen molar-refractivity contribution < 1.29 is 13.9 Å². The van der Waals surface area contributed by atoms with E-state index in [1.807, 2.05) is 6.92 Å². The van der Waals surface area contributed by atoms with E-state index in [0.717, 1.165) is 6.42 Å². The van der Waals surface area contributed by atoms with Crippen LogP contribution >= 0.6 is 23.2 Å². The highest BCUT2D eigenvalue weighted by Crippen LogP contribution is 2.34. The first-order chi connectivity index (χ1) is 13.9. The summed E-state index contributed by atoms with van der Waals surface area (Å²) in [6, 6.07) is 7.61. The van der Waals surface area contributed by atoms with E-state index >= 15 is 0 Å². The molecule has 6 nitrogen and oxygen atoms in total. The second kappa shape index (κ2) is 9.07. The third kappa shape index (κ3) is 4.93. The van der Waals surface area contributed by atoms with E-state index in [1.54, 1.807) is 12.1 Å². The van der Waals surface area contributed by atoms with Gasteiger partial charge in [-0.15, -0.1) is 0 Å². The highest BCUT2D eigenvalue weighted by Gasteiger charge is 2.15. The molecule has 0 aliphatic carbocycles. The lowest BCUT2D eigenvalue weighted by Gasteiger charge is -2.15. The third-order valence-electron chi connectivity index (χ3n) is 3.88. The first-order valence-corrected chi connectivity index (χ1v) is 9.44. The van der Waals surface area contributed by atoms with Gasteiger partial charge in [-0.2, -0.15) is 0 Å². The van der Waals surface area contributed by atoms with Gasteiger partial charge in [0.05, 0.1) is 27.9 Å². The van der Waals surface area contributed by atoms with E-state index in [1.165, 1.54) is 24.5 Å². The molecule has 0 spiro atoms. The lowest BCUT2D eigenvalue weighted by atomic mass is 10.1. The maximum absolute atomic E-state index is 13.4. The molecule has 3 aromatic rings. The van der Waals surface area contributed by atoms with Gasteiger partial charge in [-0.1, -0.05) is 36.7 Å². The van der Waals surface area contributed by atoms with Crippen molar-refractivity contribution in [2.75, 3.05) is 17.2 Å². The number of aromatic nitrogens is 2. The smallest absolute Gasteiger partial charge is 0.266 e. The molecule has 0 fully saturated rings. The van der Waals surface area contributed by atoms with E-state index in [0.29, 0.717) is 40.5 Å². The van der Waals surface area contributed by atoms with Crippen LogP contribution in [-0.2, 0) is 4.79 Å². The predicted molar refractivity (Wildman–Crippen MR) is 114 cm³/mol. The topological polar surface area (TPSA) is 76.1 Å². The fourth-order valence-corrected chi connectivity index (χ4v) is 2.74. The number of nitrogens with zero attached hydrogens (tertiary/aromatic N) is 2. The Morgan fingerprint density at radius 3 is 2.76 bits per heavy atom. The van der Waals surface area contributed by atoms with Crippen LogP contribution in [0.15, 0.2) is 48.3 Å². The van der Waals surface area contributed by atoms with E-state index in [4.69, 9.17) is 27.9 Å². The highest BCUT2D eigenvalue weighted by atomic mass is 35.5. The van der Waals surface area contributed by atoms with Crippen LogP contribution < -0.4 is 15.4 Å². The minimum Gasteiger partial charge on any atom is -0.491 e. The van der Waals surface area contributed by atoms with Crippen molar-refractivity contribution in [1.29, 1.82) is 0 Å². The molecule has 0 saturated carbocycles. The number of ether oxygens (including phenoxy) is 1.